The molecule has 5 rings (SSSR count). The highest BCUT2D eigenvalue weighted by molar-refractivity contribution is 6.30. The second-order valence-electron chi connectivity index (χ2n) is 7.36. The minimum absolute atomic E-state index is 0.284. The molecule has 0 aliphatic rings. The fourth-order valence-electron chi connectivity index (χ4n) is 3.51. The third kappa shape index (κ3) is 4.20. The Labute approximate surface area is 192 Å². The predicted molar refractivity (Wildman–Crippen MR) is 125 cm³/mol. The number of rotatable bonds is 5. The topological polar surface area (TPSA) is 81.7 Å². The van der Waals surface area contributed by atoms with Gasteiger partial charge in [0.15, 0.2) is 5.65 Å². The molecule has 0 aliphatic carbocycles. The molecule has 0 spiro atoms. The van der Waals surface area contributed by atoms with E-state index in [1.165, 1.54) is 24.3 Å². The standard InChI is InChI=1S/C24H17ClF2N6/c25-16-6-10-19(11-7-16)33-22(28)20-21(15-4-8-17(26)9-5-15)30-24(31-23(20)32-33)29-13-14-2-1-3-18(27)12-14/h1-12H,13,28H2,(H,29,31,32). The van der Waals surface area contributed by atoms with Crippen molar-refractivity contribution >= 4 is 34.4 Å². The second-order valence-corrected chi connectivity index (χ2v) is 7.79. The zero-order chi connectivity index (χ0) is 22.9. The number of nitrogen functional groups attached to an aromatic ring is 1. The van der Waals surface area contributed by atoms with Crippen molar-refractivity contribution in [2.24, 2.45) is 0 Å². The van der Waals surface area contributed by atoms with Gasteiger partial charge in [-0.1, -0.05) is 23.7 Å². The number of benzene rings is 3. The summed E-state index contributed by atoms with van der Waals surface area (Å²) < 4.78 is 28.6. The Morgan fingerprint density at radius 3 is 2.39 bits per heavy atom. The minimum atomic E-state index is -0.363. The molecule has 0 aliphatic heterocycles. The van der Waals surface area contributed by atoms with Crippen LogP contribution in [0.5, 0.6) is 0 Å². The Morgan fingerprint density at radius 1 is 0.909 bits per heavy atom. The molecule has 0 atom stereocenters. The molecule has 0 bridgehead atoms. The number of hydrogen-bond acceptors (Lipinski definition) is 5. The maximum Gasteiger partial charge on any atom is 0.225 e. The van der Waals surface area contributed by atoms with E-state index in [4.69, 9.17) is 17.3 Å². The number of halogens is 3. The smallest absolute Gasteiger partial charge is 0.225 e. The van der Waals surface area contributed by atoms with Gasteiger partial charge in [0.1, 0.15) is 17.5 Å². The monoisotopic (exact) mass is 462 g/mol. The molecule has 3 N–H and O–H groups in total. The van der Waals surface area contributed by atoms with Crippen molar-refractivity contribution in [3.63, 3.8) is 0 Å². The molecular weight excluding hydrogens is 446 g/mol. The Balaban J connectivity index is 1.63. The first-order valence-corrected chi connectivity index (χ1v) is 10.4. The Morgan fingerprint density at radius 2 is 1.67 bits per heavy atom. The van der Waals surface area contributed by atoms with Gasteiger partial charge in [0, 0.05) is 17.1 Å². The summed E-state index contributed by atoms with van der Waals surface area (Å²) in [6, 6.07) is 19.2. The highest BCUT2D eigenvalue weighted by Gasteiger charge is 2.19. The van der Waals surface area contributed by atoms with Gasteiger partial charge >= 0.3 is 0 Å². The van der Waals surface area contributed by atoms with Crippen LogP contribution in [0.1, 0.15) is 5.56 Å². The van der Waals surface area contributed by atoms with E-state index < -0.39 is 0 Å². The van der Waals surface area contributed by atoms with Crippen LogP contribution in [-0.2, 0) is 6.54 Å². The van der Waals surface area contributed by atoms with Gasteiger partial charge in [0.05, 0.1) is 16.8 Å². The summed E-state index contributed by atoms with van der Waals surface area (Å²) in [5, 5.41) is 8.80. The molecule has 3 aromatic carbocycles. The van der Waals surface area contributed by atoms with Gasteiger partial charge in [-0.2, -0.15) is 4.98 Å². The maximum absolute atomic E-state index is 13.5. The lowest BCUT2D eigenvalue weighted by Gasteiger charge is -2.09. The van der Waals surface area contributed by atoms with Gasteiger partial charge in [-0.25, -0.2) is 18.4 Å². The van der Waals surface area contributed by atoms with Crippen LogP contribution in [-0.4, -0.2) is 19.7 Å². The van der Waals surface area contributed by atoms with Crippen molar-refractivity contribution in [1.82, 2.24) is 19.7 Å². The average molecular weight is 463 g/mol. The summed E-state index contributed by atoms with van der Waals surface area (Å²) in [6.07, 6.45) is 0. The third-order valence-corrected chi connectivity index (χ3v) is 5.35. The van der Waals surface area contributed by atoms with E-state index in [9.17, 15) is 8.78 Å². The largest absolute Gasteiger partial charge is 0.383 e. The van der Waals surface area contributed by atoms with Crippen LogP contribution in [0, 0.1) is 11.6 Å². The molecule has 2 heterocycles. The molecule has 0 fully saturated rings. The number of anilines is 2. The number of nitrogens with two attached hydrogens (primary N) is 1. The molecule has 164 valence electrons. The van der Waals surface area contributed by atoms with Crippen molar-refractivity contribution < 1.29 is 8.78 Å². The van der Waals surface area contributed by atoms with E-state index in [-0.39, 0.29) is 17.6 Å². The van der Waals surface area contributed by atoms with Gasteiger partial charge in [0.2, 0.25) is 5.95 Å². The second kappa shape index (κ2) is 8.48. The molecule has 2 aromatic heterocycles. The van der Waals surface area contributed by atoms with Crippen molar-refractivity contribution in [3.8, 4) is 16.9 Å². The molecule has 0 saturated carbocycles. The van der Waals surface area contributed by atoms with E-state index in [1.54, 1.807) is 53.2 Å². The fourth-order valence-corrected chi connectivity index (χ4v) is 3.64. The number of fused-ring (bicyclic) bond motifs is 1. The lowest BCUT2D eigenvalue weighted by molar-refractivity contribution is 0.625. The Hall–Kier alpha value is -4.04. The van der Waals surface area contributed by atoms with Crippen LogP contribution in [0.2, 0.25) is 5.02 Å². The van der Waals surface area contributed by atoms with Crippen LogP contribution < -0.4 is 11.1 Å². The van der Waals surface area contributed by atoms with Gasteiger partial charge in [-0.05, 0) is 66.2 Å². The van der Waals surface area contributed by atoms with Crippen molar-refractivity contribution in [2.75, 3.05) is 11.1 Å². The molecule has 0 amide bonds. The number of nitrogens with one attached hydrogen (secondary N) is 1. The number of hydrogen-bond donors (Lipinski definition) is 2. The zero-order valence-electron chi connectivity index (χ0n) is 17.1. The SMILES string of the molecule is Nc1c2c(-c3ccc(F)cc3)nc(NCc3cccc(F)c3)nc2nn1-c1ccc(Cl)cc1. The Bertz CT molecular complexity index is 1450. The van der Waals surface area contributed by atoms with Gasteiger partial charge in [-0.15, -0.1) is 5.10 Å². The van der Waals surface area contributed by atoms with Crippen LogP contribution in [0.4, 0.5) is 20.5 Å². The van der Waals surface area contributed by atoms with Crippen LogP contribution in [0.15, 0.2) is 72.8 Å². The van der Waals surface area contributed by atoms with Crippen LogP contribution in [0.3, 0.4) is 0 Å². The molecule has 33 heavy (non-hydrogen) atoms. The summed E-state index contributed by atoms with van der Waals surface area (Å²) in [5.41, 5.74) is 9.40. The summed E-state index contributed by atoms with van der Waals surface area (Å²) in [6.45, 7) is 0.305. The predicted octanol–water partition coefficient (Wildman–Crippen LogP) is 5.61. The quantitative estimate of drug-likeness (QED) is 0.355. The first-order valence-electron chi connectivity index (χ1n) is 10.0. The van der Waals surface area contributed by atoms with Crippen molar-refractivity contribution in [1.29, 1.82) is 0 Å². The summed E-state index contributed by atoms with van der Waals surface area (Å²) in [4.78, 5) is 9.14. The van der Waals surface area contributed by atoms with E-state index in [1.807, 2.05) is 0 Å². The van der Waals surface area contributed by atoms with E-state index in [0.29, 0.717) is 45.4 Å². The van der Waals surface area contributed by atoms with Crippen LogP contribution >= 0.6 is 11.6 Å². The molecule has 0 radical (unpaired) electrons. The van der Waals surface area contributed by atoms with Gasteiger partial charge < -0.3 is 11.1 Å². The highest BCUT2D eigenvalue weighted by atomic mass is 35.5. The average Bonchev–Trinajstić information content (AvgIpc) is 3.15. The first kappa shape index (κ1) is 20.8. The molecule has 5 aromatic rings. The maximum atomic E-state index is 13.5. The highest BCUT2D eigenvalue weighted by Crippen LogP contribution is 2.33. The minimum Gasteiger partial charge on any atom is -0.383 e. The van der Waals surface area contributed by atoms with Crippen LogP contribution in [0.25, 0.3) is 28.0 Å². The third-order valence-electron chi connectivity index (χ3n) is 5.10. The van der Waals surface area contributed by atoms with E-state index >= 15 is 0 Å². The summed E-state index contributed by atoms with van der Waals surface area (Å²) in [5.74, 6) is -0.0688. The molecular formula is C24H17ClF2N6. The lowest BCUT2D eigenvalue weighted by atomic mass is 10.1. The zero-order valence-corrected chi connectivity index (χ0v) is 17.9. The first-order chi connectivity index (χ1) is 16.0. The number of aromatic nitrogens is 4. The van der Waals surface area contributed by atoms with E-state index in [0.717, 1.165) is 5.56 Å². The van der Waals surface area contributed by atoms with Crippen molar-refractivity contribution in [3.05, 3.63) is 95.0 Å². The fraction of sp³-hybridized carbons (Fsp3) is 0.0417. The molecule has 9 heteroatoms. The van der Waals surface area contributed by atoms with Gasteiger partial charge in [0.25, 0.3) is 0 Å². The number of nitrogens with zero attached hydrogens (tertiary/aromatic N) is 4. The molecule has 0 unspecified atom stereocenters. The Kier molecular flexibility index (Phi) is 5.35. The van der Waals surface area contributed by atoms with Crippen molar-refractivity contribution in [2.45, 2.75) is 6.54 Å². The molecule has 6 nitrogen and oxygen atoms in total. The molecule has 0 saturated heterocycles. The van der Waals surface area contributed by atoms with Gasteiger partial charge in [-0.3, -0.25) is 0 Å². The summed E-state index contributed by atoms with van der Waals surface area (Å²) in [7, 11) is 0. The normalized spacial score (nSPS) is 11.1. The summed E-state index contributed by atoms with van der Waals surface area (Å²) >= 11 is 6.01. The van der Waals surface area contributed by atoms with E-state index in [2.05, 4.69) is 20.4 Å². The lowest BCUT2D eigenvalue weighted by Crippen LogP contribution is -2.05.